The Bertz CT molecular complexity index is 381. The minimum absolute atomic E-state index is 0.263. The first-order chi connectivity index (χ1) is 9.15. The Morgan fingerprint density at radius 1 is 1.32 bits per heavy atom. The molecule has 1 aliphatic rings. The molecular formula is C15H26N2OS. The number of ether oxygens (including phenoxy) is 1. The van der Waals surface area contributed by atoms with E-state index in [0.29, 0.717) is 6.04 Å². The Hall–Kier alpha value is -0.640. The second-order valence-electron chi connectivity index (χ2n) is 6.11. The highest BCUT2D eigenvalue weighted by Gasteiger charge is 2.30. The Morgan fingerprint density at radius 2 is 2.00 bits per heavy atom. The number of aromatic nitrogens is 2. The van der Waals surface area contributed by atoms with E-state index in [-0.39, 0.29) is 5.41 Å². The van der Waals surface area contributed by atoms with Crippen LogP contribution in [0.25, 0.3) is 0 Å². The molecule has 0 saturated heterocycles. The summed E-state index contributed by atoms with van der Waals surface area (Å²) in [4.78, 5) is 0. The maximum absolute atomic E-state index is 5.99. The highest BCUT2D eigenvalue weighted by atomic mass is 32.1. The predicted octanol–water partition coefficient (Wildman–Crippen LogP) is 4.11. The molecule has 0 amide bonds. The standard InChI is InChI=1S/C15H26N2OS/c1-13(2)17-10-14(9-16-17)18-11-15(12-19)7-5-3-4-6-8-15/h9-10,13,19H,3-8,11-12H2,1-2H3. The molecule has 0 aliphatic heterocycles. The summed E-state index contributed by atoms with van der Waals surface area (Å²) in [5.41, 5.74) is 0.263. The number of rotatable bonds is 5. The van der Waals surface area contributed by atoms with Crippen LogP contribution in [0.3, 0.4) is 0 Å². The van der Waals surface area contributed by atoms with Gasteiger partial charge in [-0.25, -0.2) is 0 Å². The van der Waals surface area contributed by atoms with Gasteiger partial charge in [-0.1, -0.05) is 25.7 Å². The zero-order valence-electron chi connectivity index (χ0n) is 12.1. The lowest BCUT2D eigenvalue weighted by Gasteiger charge is -2.30. The number of hydrogen-bond donors (Lipinski definition) is 1. The maximum Gasteiger partial charge on any atom is 0.157 e. The van der Waals surface area contributed by atoms with Crippen LogP contribution in [0.2, 0.25) is 0 Å². The van der Waals surface area contributed by atoms with Crippen molar-refractivity contribution in [2.45, 2.75) is 58.4 Å². The Labute approximate surface area is 122 Å². The lowest BCUT2D eigenvalue weighted by Crippen LogP contribution is -2.30. The molecule has 3 nitrogen and oxygen atoms in total. The molecule has 4 heteroatoms. The molecular weight excluding hydrogens is 256 g/mol. The van der Waals surface area contributed by atoms with Gasteiger partial charge in [0, 0.05) is 11.5 Å². The van der Waals surface area contributed by atoms with Gasteiger partial charge in [0.1, 0.15) is 0 Å². The van der Waals surface area contributed by atoms with Gasteiger partial charge in [0.2, 0.25) is 0 Å². The molecule has 1 aromatic rings. The summed E-state index contributed by atoms with van der Waals surface area (Å²) < 4.78 is 7.93. The lowest BCUT2D eigenvalue weighted by molar-refractivity contribution is 0.148. The number of thiol groups is 1. The zero-order valence-corrected chi connectivity index (χ0v) is 13.0. The zero-order chi connectivity index (χ0) is 13.7. The molecule has 1 saturated carbocycles. The maximum atomic E-state index is 5.99. The lowest BCUT2D eigenvalue weighted by atomic mass is 9.83. The molecule has 1 aromatic heterocycles. The summed E-state index contributed by atoms with van der Waals surface area (Å²) in [6.45, 7) is 5.02. The van der Waals surface area contributed by atoms with Gasteiger partial charge >= 0.3 is 0 Å². The third kappa shape index (κ3) is 3.91. The third-order valence-electron chi connectivity index (χ3n) is 4.15. The van der Waals surface area contributed by atoms with E-state index in [2.05, 4.69) is 31.6 Å². The van der Waals surface area contributed by atoms with E-state index in [1.165, 1.54) is 38.5 Å². The van der Waals surface area contributed by atoms with Gasteiger partial charge in [-0.05, 0) is 32.4 Å². The molecule has 1 heterocycles. The summed E-state index contributed by atoms with van der Waals surface area (Å²) in [5, 5.41) is 4.32. The molecule has 0 unspecified atom stereocenters. The van der Waals surface area contributed by atoms with Crippen LogP contribution >= 0.6 is 12.6 Å². The van der Waals surface area contributed by atoms with Crippen LogP contribution < -0.4 is 4.74 Å². The predicted molar refractivity (Wildman–Crippen MR) is 82.1 cm³/mol. The number of hydrogen-bond acceptors (Lipinski definition) is 3. The fourth-order valence-corrected chi connectivity index (χ4v) is 3.15. The molecule has 0 atom stereocenters. The average Bonchev–Trinajstić information content (AvgIpc) is 2.76. The first-order valence-corrected chi connectivity index (χ1v) is 8.06. The van der Waals surface area contributed by atoms with E-state index >= 15 is 0 Å². The third-order valence-corrected chi connectivity index (χ3v) is 4.82. The van der Waals surface area contributed by atoms with Crippen molar-refractivity contribution in [1.29, 1.82) is 0 Å². The molecule has 1 aliphatic carbocycles. The first kappa shape index (κ1) is 14.8. The molecule has 108 valence electrons. The molecule has 0 radical (unpaired) electrons. The van der Waals surface area contributed by atoms with Gasteiger partial charge < -0.3 is 4.74 Å². The Balaban J connectivity index is 1.94. The van der Waals surface area contributed by atoms with Gasteiger partial charge in [-0.3, -0.25) is 4.68 Å². The molecule has 1 fully saturated rings. The van der Waals surface area contributed by atoms with Crippen molar-refractivity contribution in [3.63, 3.8) is 0 Å². The van der Waals surface area contributed by atoms with Crippen molar-refractivity contribution in [2.24, 2.45) is 5.41 Å². The topological polar surface area (TPSA) is 27.1 Å². The van der Waals surface area contributed by atoms with E-state index in [1.807, 2.05) is 17.1 Å². The minimum Gasteiger partial charge on any atom is -0.490 e. The average molecular weight is 282 g/mol. The van der Waals surface area contributed by atoms with E-state index in [4.69, 9.17) is 4.74 Å². The van der Waals surface area contributed by atoms with Crippen LogP contribution in [0.1, 0.15) is 58.4 Å². The summed E-state index contributed by atoms with van der Waals surface area (Å²) in [6.07, 6.45) is 11.7. The van der Waals surface area contributed by atoms with Crippen LogP contribution in [0.4, 0.5) is 0 Å². The Kier molecular flexibility index (Phi) is 5.20. The van der Waals surface area contributed by atoms with Crippen molar-refractivity contribution in [3.05, 3.63) is 12.4 Å². The van der Waals surface area contributed by atoms with E-state index < -0.39 is 0 Å². The monoisotopic (exact) mass is 282 g/mol. The van der Waals surface area contributed by atoms with Crippen molar-refractivity contribution in [1.82, 2.24) is 9.78 Å². The normalized spacial score (nSPS) is 19.4. The van der Waals surface area contributed by atoms with E-state index in [1.54, 1.807) is 0 Å². The Morgan fingerprint density at radius 3 is 2.53 bits per heavy atom. The van der Waals surface area contributed by atoms with Gasteiger partial charge in [0.05, 0.1) is 19.0 Å². The van der Waals surface area contributed by atoms with Crippen molar-refractivity contribution in [3.8, 4) is 5.75 Å². The van der Waals surface area contributed by atoms with Crippen molar-refractivity contribution in [2.75, 3.05) is 12.4 Å². The highest BCUT2D eigenvalue weighted by Crippen LogP contribution is 2.36. The van der Waals surface area contributed by atoms with Crippen LogP contribution in [0.15, 0.2) is 12.4 Å². The molecule has 2 rings (SSSR count). The van der Waals surface area contributed by atoms with Crippen LogP contribution in [-0.2, 0) is 0 Å². The molecule has 0 spiro atoms. The molecule has 0 N–H and O–H groups in total. The van der Waals surface area contributed by atoms with Crippen molar-refractivity contribution < 1.29 is 4.74 Å². The quantitative estimate of drug-likeness (QED) is 0.650. The first-order valence-electron chi connectivity index (χ1n) is 7.43. The van der Waals surface area contributed by atoms with E-state index in [9.17, 15) is 0 Å². The summed E-state index contributed by atoms with van der Waals surface area (Å²) in [6, 6.07) is 0.383. The van der Waals surface area contributed by atoms with Gasteiger partial charge in [0.15, 0.2) is 5.75 Å². The fraction of sp³-hybridized carbons (Fsp3) is 0.800. The highest BCUT2D eigenvalue weighted by molar-refractivity contribution is 7.80. The van der Waals surface area contributed by atoms with Gasteiger partial charge in [-0.15, -0.1) is 0 Å². The van der Waals surface area contributed by atoms with Crippen molar-refractivity contribution >= 4 is 12.6 Å². The number of nitrogens with zero attached hydrogens (tertiary/aromatic N) is 2. The molecule has 19 heavy (non-hydrogen) atoms. The largest absolute Gasteiger partial charge is 0.490 e. The van der Waals surface area contributed by atoms with Crippen LogP contribution in [0, 0.1) is 5.41 Å². The summed E-state index contributed by atoms with van der Waals surface area (Å²) in [7, 11) is 0. The second kappa shape index (κ2) is 6.69. The summed E-state index contributed by atoms with van der Waals surface area (Å²) in [5.74, 6) is 1.81. The van der Waals surface area contributed by atoms with Crippen LogP contribution in [0.5, 0.6) is 5.75 Å². The fourth-order valence-electron chi connectivity index (χ4n) is 2.74. The van der Waals surface area contributed by atoms with Gasteiger partial charge in [-0.2, -0.15) is 17.7 Å². The summed E-state index contributed by atoms with van der Waals surface area (Å²) >= 11 is 4.58. The molecule has 0 aromatic carbocycles. The van der Waals surface area contributed by atoms with Crippen LogP contribution in [-0.4, -0.2) is 22.1 Å². The minimum atomic E-state index is 0.263. The SMILES string of the molecule is CC(C)n1cc(OCC2(CS)CCCCCC2)cn1. The second-order valence-corrected chi connectivity index (χ2v) is 6.43. The van der Waals surface area contributed by atoms with E-state index in [0.717, 1.165) is 18.1 Å². The smallest absolute Gasteiger partial charge is 0.157 e. The van der Waals surface area contributed by atoms with Gasteiger partial charge in [0.25, 0.3) is 0 Å². The molecule has 0 bridgehead atoms.